The Hall–Kier alpha value is -2.42. The van der Waals surface area contributed by atoms with Crippen LogP contribution in [0.25, 0.3) is 10.9 Å². The second kappa shape index (κ2) is 13.1. The number of carboxylic acid groups (broad SMARTS) is 1. The summed E-state index contributed by atoms with van der Waals surface area (Å²) in [6.45, 7) is 2.41. The Bertz CT molecular complexity index is 1250. The quantitative estimate of drug-likeness (QED) is 0.181. The van der Waals surface area contributed by atoms with E-state index in [0.717, 1.165) is 31.8 Å². The van der Waals surface area contributed by atoms with Gasteiger partial charge in [-0.2, -0.15) is 0 Å². The third-order valence-corrected chi connectivity index (χ3v) is 8.90. The maximum Gasteiger partial charge on any atom is 0.303 e. The summed E-state index contributed by atoms with van der Waals surface area (Å²) in [5, 5.41) is 10.5. The van der Waals surface area contributed by atoms with Crippen LogP contribution in [0.5, 0.6) is 5.75 Å². The molecule has 2 aromatic carbocycles. The van der Waals surface area contributed by atoms with Crippen molar-refractivity contribution in [2.45, 2.75) is 49.6 Å². The molecule has 4 rings (SSSR count). The number of ether oxygens (including phenoxy) is 1. The molecule has 1 atom stereocenters. The lowest BCUT2D eigenvalue weighted by Crippen LogP contribution is -2.41. The summed E-state index contributed by atoms with van der Waals surface area (Å²) in [6, 6.07) is 12.1. The highest BCUT2D eigenvalue weighted by Gasteiger charge is 2.37. The molecule has 0 aliphatic carbocycles. The van der Waals surface area contributed by atoms with Crippen molar-refractivity contribution in [3.05, 3.63) is 65.1 Å². The zero-order valence-corrected chi connectivity index (χ0v) is 23.0. The average Bonchev–Trinajstić information content (AvgIpc) is 2.91. The van der Waals surface area contributed by atoms with Gasteiger partial charge >= 0.3 is 5.97 Å². The first-order valence-corrected chi connectivity index (χ1v) is 14.2. The van der Waals surface area contributed by atoms with E-state index in [4.69, 9.17) is 16.3 Å². The van der Waals surface area contributed by atoms with E-state index in [-0.39, 0.29) is 23.7 Å². The molecule has 9 heteroatoms. The number of pyridine rings is 1. The van der Waals surface area contributed by atoms with Crippen molar-refractivity contribution < 1.29 is 23.4 Å². The molecule has 1 N–H and O–H groups in total. The topological polar surface area (TPSA) is 62.7 Å². The number of piperidine rings is 1. The Morgan fingerprint density at radius 1 is 1.26 bits per heavy atom. The fourth-order valence-corrected chi connectivity index (χ4v) is 6.45. The van der Waals surface area contributed by atoms with Gasteiger partial charge in [0.05, 0.1) is 24.1 Å². The predicted molar refractivity (Wildman–Crippen MR) is 148 cm³/mol. The molecule has 1 saturated heterocycles. The number of alkyl halides is 1. The molecule has 1 aliphatic heterocycles. The molecule has 0 bridgehead atoms. The smallest absolute Gasteiger partial charge is 0.303 e. The lowest BCUT2D eigenvalue weighted by Gasteiger charge is -2.41. The van der Waals surface area contributed by atoms with Gasteiger partial charge < -0.3 is 14.7 Å². The minimum atomic E-state index is -1.35. The van der Waals surface area contributed by atoms with Gasteiger partial charge in [-0.15, -0.1) is 11.8 Å². The number of rotatable bonds is 12. The first kappa shape index (κ1) is 28.6. The first-order chi connectivity index (χ1) is 18.3. The first-order valence-electron chi connectivity index (χ1n) is 12.9. The highest BCUT2D eigenvalue weighted by Crippen LogP contribution is 2.44. The van der Waals surface area contributed by atoms with Gasteiger partial charge in [0.15, 0.2) is 0 Å². The summed E-state index contributed by atoms with van der Waals surface area (Å²) in [7, 11) is 1.55. The van der Waals surface area contributed by atoms with Crippen molar-refractivity contribution in [2.75, 3.05) is 32.5 Å². The summed E-state index contributed by atoms with van der Waals surface area (Å²) in [6.07, 6.45) is 3.10. The summed E-state index contributed by atoms with van der Waals surface area (Å²) < 4.78 is 34.8. The van der Waals surface area contributed by atoms with Gasteiger partial charge in [0.2, 0.25) is 0 Å². The number of thioether (sulfide) groups is 1. The van der Waals surface area contributed by atoms with Crippen molar-refractivity contribution >= 4 is 40.2 Å². The normalized spacial score (nSPS) is 16.4. The van der Waals surface area contributed by atoms with E-state index >= 15 is 4.39 Å². The Kier molecular flexibility index (Phi) is 9.85. The molecular weight excluding hydrogens is 530 g/mol. The van der Waals surface area contributed by atoms with Crippen molar-refractivity contribution in [1.82, 2.24) is 9.88 Å². The Labute approximate surface area is 231 Å². The SMILES string of the molecule is COc1ccc2ncc(Cl)c(C(F)CCC3(CC(=O)O)CCN(CCCSc4ccccc4F)CC3)c2c1. The molecule has 0 saturated carbocycles. The molecule has 1 fully saturated rings. The van der Waals surface area contributed by atoms with E-state index < -0.39 is 17.6 Å². The maximum absolute atomic E-state index is 15.7. The number of fused-ring (bicyclic) bond motifs is 1. The highest BCUT2D eigenvalue weighted by atomic mass is 35.5. The van der Waals surface area contributed by atoms with E-state index in [1.165, 1.54) is 24.0 Å². The number of carbonyl (C=O) groups is 1. The Morgan fingerprint density at radius 3 is 2.74 bits per heavy atom. The second-order valence-electron chi connectivity index (χ2n) is 9.95. The van der Waals surface area contributed by atoms with Gasteiger partial charge in [-0.1, -0.05) is 23.7 Å². The standard InChI is InChI=1S/C29H33ClF2N2O3S/c1-37-20-7-8-25-21(17-20)28(22(30)19-33-25)24(32)9-10-29(18-27(35)36)11-14-34(15-12-29)13-4-16-38-26-6-3-2-5-23(26)31/h2-3,5-8,17,19,24H,4,9-16,18H2,1H3,(H,35,36). The molecule has 1 aromatic heterocycles. The summed E-state index contributed by atoms with van der Waals surface area (Å²) in [5.41, 5.74) is 0.558. The molecule has 0 amide bonds. The van der Waals surface area contributed by atoms with Crippen molar-refractivity contribution in [2.24, 2.45) is 5.41 Å². The Balaban J connectivity index is 1.35. The molecule has 0 spiro atoms. The number of carboxylic acids is 1. The van der Waals surface area contributed by atoms with Crippen molar-refractivity contribution in [3.63, 3.8) is 0 Å². The fraction of sp³-hybridized carbons (Fsp3) is 0.448. The summed E-state index contributed by atoms with van der Waals surface area (Å²) >= 11 is 7.91. The molecule has 204 valence electrons. The average molecular weight is 563 g/mol. The third kappa shape index (κ3) is 7.16. The highest BCUT2D eigenvalue weighted by molar-refractivity contribution is 7.99. The van der Waals surface area contributed by atoms with Crippen LogP contribution < -0.4 is 4.74 Å². The van der Waals surface area contributed by atoms with Gasteiger partial charge in [-0.25, -0.2) is 8.78 Å². The van der Waals surface area contributed by atoms with Crippen LogP contribution in [0.1, 0.15) is 50.3 Å². The number of halogens is 3. The number of likely N-dealkylation sites (tertiary alicyclic amines) is 1. The van der Waals surface area contributed by atoms with E-state index in [1.54, 1.807) is 37.4 Å². The lowest BCUT2D eigenvalue weighted by atomic mass is 9.71. The van der Waals surface area contributed by atoms with Crippen LogP contribution in [0.2, 0.25) is 5.02 Å². The number of nitrogens with zero attached hydrogens (tertiary/aromatic N) is 2. The number of methoxy groups -OCH3 is 1. The number of hydrogen-bond donors (Lipinski definition) is 1. The lowest BCUT2D eigenvalue weighted by molar-refractivity contribution is -0.141. The van der Waals surface area contributed by atoms with Crippen molar-refractivity contribution in [1.29, 1.82) is 0 Å². The zero-order valence-electron chi connectivity index (χ0n) is 21.5. The number of hydrogen-bond acceptors (Lipinski definition) is 5. The van der Waals surface area contributed by atoms with E-state index in [0.29, 0.717) is 46.4 Å². The van der Waals surface area contributed by atoms with Crippen LogP contribution in [0.15, 0.2) is 53.6 Å². The molecule has 1 aliphatic rings. The van der Waals surface area contributed by atoms with Gasteiger partial charge in [-0.3, -0.25) is 9.78 Å². The van der Waals surface area contributed by atoms with Gasteiger partial charge in [-0.05, 0) is 93.2 Å². The van der Waals surface area contributed by atoms with Crippen molar-refractivity contribution in [3.8, 4) is 5.75 Å². The van der Waals surface area contributed by atoms with Crippen LogP contribution in [0, 0.1) is 11.2 Å². The predicted octanol–water partition coefficient (Wildman–Crippen LogP) is 7.57. The van der Waals surface area contributed by atoms with Gasteiger partial charge in [0.1, 0.15) is 17.7 Å². The van der Waals surface area contributed by atoms with Crippen LogP contribution >= 0.6 is 23.4 Å². The molecule has 3 aromatic rings. The molecule has 38 heavy (non-hydrogen) atoms. The van der Waals surface area contributed by atoms with Crippen LogP contribution in [0.4, 0.5) is 8.78 Å². The van der Waals surface area contributed by atoms with Gasteiger partial charge in [0, 0.05) is 22.0 Å². The molecule has 5 nitrogen and oxygen atoms in total. The van der Waals surface area contributed by atoms with E-state index in [1.807, 2.05) is 6.07 Å². The number of benzene rings is 2. The summed E-state index contributed by atoms with van der Waals surface area (Å²) in [5.74, 6) is 0.358. The third-order valence-electron chi connectivity index (χ3n) is 7.47. The maximum atomic E-state index is 15.7. The molecule has 1 unspecified atom stereocenters. The number of aromatic nitrogens is 1. The zero-order chi connectivity index (χ0) is 27.1. The van der Waals surface area contributed by atoms with E-state index in [9.17, 15) is 14.3 Å². The minimum absolute atomic E-state index is 0.0232. The van der Waals surface area contributed by atoms with Crippen LogP contribution in [0.3, 0.4) is 0 Å². The molecular formula is C29H33ClF2N2O3S. The van der Waals surface area contributed by atoms with Crippen LogP contribution in [-0.4, -0.2) is 53.5 Å². The summed E-state index contributed by atoms with van der Waals surface area (Å²) in [4.78, 5) is 19.1. The monoisotopic (exact) mass is 562 g/mol. The number of aliphatic carboxylic acids is 1. The van der Waals surface area contributed by atoms with Crippen LogP contribution in [-0.2, 0) is 4.79 Å². The Morgan fingerprint density at radius 2 is 2.03 bits per heavy atom. The van der Waals surface area contributed by atoms with Gasteiger partial charge in [0.25, 0.3) is 0 Å². The molecule has 0 radical (unpaired) electrons. The second-order valence-corrected chi connectivity index (χ2v) is 11.5. The fourth-order valence-electron chi connectivity index (χ4n) is 5.31. The van der Waals surface area contributed by atoms with E-state index in [2.05, 4.69) is 9.88 Å². The minimum Gasteiger partial charge on any atom is -0.497 e. The largest absolute Gasteiger partial charge is 0.497 e. The molecule has 2 heterocycles.